The summed E-state index contributed by atoms with van der Waals surface area (Å²) >= 11 is 0. The Morgan fingerprint density at radius 1 is 1.40 bits per heavy atom. The third kappa shape index (κ3) is 2.31. The lowest BCUT2D eigenvalue weighted by Gasteiger charge is -2.17. The van der Waals surface area contributed by atoms with Gasteiger partial charge in [-0.05, 0) is 43.5 Å². The van der Waals surface area contributed by atoms with Crippen LogP contribution in [0.3, 0.4) is 0 Å². The van der Waals surface area contributed by atoms with Gasteiger partial charge >= 0.3 is 0 Å². The molecule has 2 rings (SSSR count). The van der Waals surface area contributed by atoms with Crippen molar-refractivity contribution in [2.75, 3.05) is 18.0 Å². The fourth-order valence-electron chi connectivity index (χ4n) is 2.03. The molecule has 0 bridgehead atoms. The van der Waals surface area contributed by atoms with Crippen molar-refractivity contribution in [3.63, 3.8) is 0 Å². The predicted molar refractivity (Wildman–Crippen MR) is 65.0 cm³/mol. The lowest BCUT2D eigenvalue weighted by molar-refractivity contribution is 0.827. The fraction of sp³-hybridized carbons (Fsp3) is 0.286. The van der Waals surface area contributed by atoms with Crippen molar-refractivity contribution in [3.8, 4) is 0 Å². The van der Waals surface area contributed by atoms with E-state index in [-0.39, 0.29) is 0 Å². The minimum atomic E-state index is 1.04. The van der Waals surface area contributed by atoms with Crippen molar-refractivity contribution < 1.29 is 0 Å². The third-order valence-electron chi connectivity index (χ3n) is 2.76. The van der Waals surface area contributed by atoms with E-state index < -0.39 is 0 Å². The molecule has 0 aromatic heterocycles. The first kappa shape index (κ1) is 10.1. The van der Waals surface area contributed by atoms with Gasteiger partial charge in [0.2, 0.25) is 0 Å². The summed E-state index contributed by atoms with van der Waals surface area (Å²) < 4.78 is 0. The van der Waals surface area contributed by atoms with Gasteiger partial charge in [0.15, 0.2) is 0 Å². The van der Waals surface area contributed by atoms with Gasteiger partial charge in [-0.2, -0.15) is 0 Å². The minimum Gasteiger partial charge on any atom is -0.371 e. The van der Waals surface area contributed by atoms with Gasteiger partial charge < -0.3 is 4.90 Å². The average molecular weight is 198 g/mol. The van der Waals surface area contributed by atoms with Crippen molar-refractivity contribution in [1.29, 1.82) is 0 Å². The summed E-state index contributed by atoms with van der Waals surface area (Å²) in [6.45, 7) is 5.85. The van der Waals surface area contributed by atoms with E-state index in [2.05, 4.69) is 41.8 Å². The standard InChI is InChI=1S/C14H16N/c1-2-3-4-7-11-15-12-10-13-8-5-6-9-14(13)15/h2,4-6,8-9H,1,7,10-12H2. The summed E-state index contributed by atoms with van der Waals surface area (Å²) in [5, 5.41) is 0. The number of para-hydroxylation sites is 1. The third-order valence-corrected chi connectivity index (χ3v) is 2.76. The van der Waals surface area contributed by atoms with Gasteiger partial charge in [0, 0.05) is 18.8 Å². The fourth-order valence-corrected chi connectivity index (χ4v) is 2.03. The maximum atomic E-state index is 3.61. The summed E-state index contributed by atoms with van der Waals surface area (Å²) in [5.41, 5.74) is 5.90. The Labute approximate surface area is 91.7 Å². The highest BCUT2D eigenvalue weighted by Crippen LogP contribution is 2.27. The second-order valence-electron chi connectivity index (χ2n) is 3.73. The van der Waals surface area contributed by atoms with Gasteiger partial charge in [0.1, 0.15) is 0 Å². The minimum absolute atomic E-state index is 1.04. The molecular formula is C14H16N. The molecule has 0 aliphatic carbocycles. The van der Waals surface area contributed by atoms with Crippen molar-refractivity contribution in [1.82, 2.24) is 0 Å². The summed E-state index contributed by atoms with van der Waals surface area (Å²) in [5.74, 6) is 0. The van der Waals surface area contributed by atoms with Crippen LogP contribution >= 0.6 is 0 Å². The van der Waals surface area contributed by atoms with E-state index in [1.165, 1.54) is 17.7 Å². The molecule has 0 unspecified atom stereocenters. The Morgan fingerprint density at radius 3 is 3.13 bits per heavy atom. The summed E-state index contributed by atoms with van der Waals surface area (Å²) in [7, 11) is 0. The molecule has 1 heteroatoms. The van der Waals surface area contributed by atoms with Gasteiger partial charge in [-0.3, -0.25) is 0 Å². The molecule has 1 aliphatic heterocycles. The van der Waals surface area contributed by atoms with Crippen LogP contribution in [0.4, 0.5) is 5.69 Å². The van der Waals surface area contributed by atoms with Gasteiger partial charge in [-0.15, -0.1) is 5.73 Å². The quantitative estimate of drug-likeness (QED) is 0.675. The highest BCUT2D eigenvalue weighted by molar-refractivity contribution is 5.57. The topological polar surface area (TPSA) is 3.24 Å². The lowest BCUT2D eigenvalue weighted by Crippen LogP contribution is -2.20. The molecule has 0 saturated carbocycles. The summed E-state index contributed by atoms with van der Waals surface area (Å²) in [6.07, 6.45) is 5.98. The maximum absolute atomic E-state index is 3.61. The normalized spacial score (nSPS) is 13.3. The van der Waals surface area contributed by atoms with E-state index in [1.807, 2.05) is 6.08 Å². The summed E-state index contributed by atoms with van der Waals surface area (Å²) in [6, 6.07) is 8.67. The van der Waals surface area contributed by atoms with Crippen molar-refractivity contribution >= 4 is 5.69 Å². The Morgan fingerprint density at radius 2 is 2.27 bits per heavy atom. The zero-order valence-corrected chi connectivity index (χ0v) is 8.95. The largest absolute Gasteiger partial charge is 0.371 e. The van der Waals surface area contributed by atoms with Crippen LogP contribution in [-0.2, 0) is 6.42 Å². The molecule has 0 amide bonds. The van der Waals surface area contributed by atoms with E-state index >= 15 is 0 Å². The predicted octanol–water partition coefficient (Wildman–Crippen LogP) is 2.98. The molecule has 1 heterocycles. The van der Waals surface area contributed by atoms with E-state index in [1.54, 1.807) is 6.08 Å². The summed E-state index contributed by atoms with van der Waals surface area (Å²) in [4.78, 5) is 2.44. The molecular weight excluding hydrogens is 182 g/mol. The Kier molecular flexibility index (Phi) is 3.26. The lowest BCUT2D eigenvalue weighted by atomic mass is 10.2. The van der Waals surface area contributed by atoms with E-state index in [9.17, 15) is 0 Å². The first-order valence-corrected chi connectivity index (χ1v) is 5.43. The highest BCUT2D eigenvalue weighted by Gasteiger charge is 2.16. The first-order chi connectivity index (χ1) is 7.42. The Bertz CT molecular complexity index is 386. The van der Waals surface area contributed by atoms with Crippen LogP contribution in [0.15, 0.2) is 42.1 Å². The molecule has 0 saturated heterocycles. The van der Waals surface area contributed by atoms with E-state index in [4.69, 9.17) is 0 Å². The maximum Gasteiger partial charge on any atom is 0.0399 e. The molecule has 1 aliphatic rings. The molecule has 1 aromatic carbocycles. The van der Waals surface area contributed by atoms with Crippen LogP contribution in [0.1, 0.15) is 12.0 Å². The molecule has 77 valence electrons. The average Bonchev–Trinajstić information content (AvgIpc) is 2.68. The molecule has 0 atom stereocenters. The van der Waals surface area contributed by atoms with Gasteiger partial charge in [-0.1, -0.05) is 18.2 Å². The van der Waals surface area contributed by atoms with Crippen molar-refractivity contribution in [2.24, 2.45) is 0 Å². The molecule has 1 radical (unpaired) electrons. The van der Waals surface area contributed by atoms with Crippen molar-refractivity contribution in [3.05, 3.63) is 54.6 Å². The molecule has 1 nitrogen and oxygen atoms in total. The van der Waals surface area contributed by atoms with Crippen LogP contribution < -0.4 is 4.90 Å². The van der Waals surface area contributed by atoms with Crippen LogP contribution in [0, 0.1) is 6.92 Å². The molecule has 0 spiro atoms. The van der Waals surface area contributed by atoms with E-state index in [0.29, 0.717) is 0 Å². The van der Waals surface area contributed by atoms with Crippen LogP contribution in [0.5, 0.6) is 0 Å². The number of fused-ring (bicyclic) bond motifs is 1. The number of rotatable bonds is 3. The SMILES string of the molecule is [CH2]C=C=CCCN1CCc2ccccc21. The molecule has 15 heavy (non-hydrogen) atoms. The number of anilines is 1. The van der Waals surface area contributed by atoms with Crippen LogP contribution in [0.2, 0.25) is 0 Å². The second-order valence-corrected chi connectivity index (χ2v) is 3.73. The number of hydrogen-bond donors (Lipinski definition) is 0. The zero-order valence-electron chi connectivity index (χ0n) is 8.95. The molecule has 0 N–H and O–H groups in total. The van der Waals surface area contributed by atoms with Gasteiger partial charge in [0.05, 0.1) is 0 Å². The van der Waals surface area contributed by atoms with Crippen molar-refractivity contribution in [2.45, 2.75) is 12.8 Å². The second kappa shape index (κ2) is 4.86. The Hall–Kier alpha value is -1.46. The number of benzene rings is 1. The van der Waals surface area contributed by atoms with Gasteiger partial charge in [-0.25, -0.2) is 0 Å². The van der Waals surface area contributed by atoms with Crippen LogP contribution in [-0.4, -0.2) is 13.1 Å². The number of hydrogen-bond acceptors (Lipinski definition) is 1. The molecule has 1 aromatic rings. The molecule has 0 fully saturated rings. The van der Waals surface area contributed by atoms with E-state index in [0.717, 1.165) is 19.5 Å². The van der Waals surface area contributed by atoms with Crippen LogP contribution in [0.25, 0.3) is 0 Å². The number of nitrogens with zero attached hydrogens (tertiary/aromatic N) is 1. The zero-order chi connectivity index (χ0) is 10.5. The highest BCUT2D eigenvalue weighted by atomic mass is 15.1. The van der Waals surface area contributed by atoms with Gasteiger partial charge in [0.25, 0.3) is 0 Å². The Balaban J connectivity index is 1.99. The monoisotopic (exact) mass is 198 g/mol. The first-order valence-electron chi connectivity index (χ1n) is 5.43. The smallest absolute Gasteiger partial charge is 0.0399 e.